The van der Waals surface area contributed by atoms with E-state index in [9.17, 15) is 14.7 Å². The Hall–Kier alpha value is -3.66. The number of aryl methyl sites for hydroxylation is 2. The summed E-state index contributed by atoms with van der Waals surface area (Å²) >= 11 is 6.10. The molecular formula is C26H30ClN5O5. The summed E-state index contributed by atoms with van der Waals surface area (Å²) in [5.41, 5.74) is 3.49. The lowest BCUT2D eigenvalue weighted by Crippen LogP contribution is -2.29. The predicted octanol–water partition coefficient (Wildman–Crippen LogP) is 4.33. The quantitative estimate of drug-likeness (QED) is 0.420. The Kier molecular flexibility index (Phi) is 8.60. The third-order valence-electron chi connectivity index (χ3n) is 6.44. The zero-order valence-corrected chi connectivity index (χ0v) is 21.6. The molecule has 0 spiro atoms. The van der Waals surface area contributed by atoms with Crippen LogP contribution in [0.15, 0.2) is 36.4 Å². The third-order valence-corrected chi connectivity index (χ3v) is 6.81. The highest BCUT2D eigenvalue weighted by atomic mass is 35.5. The summed E-state index contributed by atoms with van der Waals surface area (Å²) in [6.07, 6.45) is 2.63. The van der Waals surface area contributed by atoms with E-state index in [1.165, 1.54) is 0 Å². The molecule has 2 N–H and O–H groups in total. The lowest BCUT2D eigenvalue weighted by molar-refractivity contribution is -0.143. The van der Waals surface area contributed by atoms with Crippen LogP contribution >= 0.6 is 11.6 Å². The highest BCUT2D eigenvalue weighted by molar-refractivity contribution is 6.31. The molecule has 37 heavy (non-hydrogen) atoms. The van der Waals surface area contributed by atoms with Gasteiger partial charge < -0.3 is 19.9 Å². The molecule has 11 heteroatoms. The number of aromatic nitrogens is 4. The lowest BCUT2D eigenvalue weighted by Gasteiger charge is -2.27. The molecule has 1 aliphatic rings. The SMILES string of the molecule is Cc1nc(-c2nnn(C)c2CCNC(=O)OCc2ccccc2Cl)ccc1O[C@H]1CCC[C@H](C(=O)O)C1. The topological polar surface area (TPSA) is 128 Å². The number of hydrogen-bond donors (Lipinski definition) is 2. The van der Waals surface area contributed by atoms with Gasteiger partial charge in [-0.1, -0.05) is 35.0 Å². The summed E-state index contributed by atoms with van der Waals surface area (Å²) in [6.45, 7) is 2.25. The smallest absolute Gasteiger partial charge is 0.407 e. The summed E-state index contributed by atoms with van der Waals surface area (Å²) in [4.78, 5) is 28.1. The van der Waals surface area contributed by atoms with Crippen molar-refractivity contribution in [3.8, 4) is 17.1 Å². The number of aliphatic carboxylic acids is 1. The monoisotopic (exact) mass is 527 g/mol. The molecule has 0 unspecified atom stereocenters. The normalized spacial score (nSPS) is 17.3. The second-order valence-corrected chi connectivity index (χ2v) is 9.48. The Morgan fingerprint density at radius 3 is 2.78 bits per heavy atom. The Balaban J connectivity index is 1.34. The first-order valence-corrected chi connectivity index (χ1v) is 12.6. The molecule has 0 aliphatic heterocycles. The molecule has 0 saturated heterocycles. The molecule has 1 amide bonds. The molecule has 2 atom stereocenters. The Morgan fingerprint density at radius 2 is 2.03 bits per heavy atom. The molecule has 1 saturated carbocycles. The zero-order valence-electron chi connectivity index (χ0n) is 20.8. The number of nitrogens with one attached hydrogen (secondary N) is 1. The van der Waals surface area contributed by atoms with Gasteiger partial charge in [-0.3, -0.25) is 9.48 Å². The van der Waals surface area contributed by atoms with Gasteiger partial charge in [0, 0.05) is 30.6 Å². The van der Waals surface area contributed by atoms with Crippen LogP contribution < -0.4 is 10.1 Å². The van der Waals surface area contributed by atoms with Crippen molar-refractivity contribution in [2.75, 3.05) is 6.54 Å². The van der Waals surface area contributed by atoms with Gasteiger partial charge >= 0.3 is 12.1 Å². The Morgan fingerprint density at radius 1 is 1.22 bits per heavy atom. The van der Waals surface area contributed by atoms with Crippen LogP contribution in [-0.2, 0) is 29.6 Å². The number of rotatable bonds is 9. The number of carbonyl (C=O) groups excluding carboxylic acids is 1. The highest BCUT2D eigenvalue weighted by Crippen LogP contribution is 2.30. The van der Waals surface area contributed by atoms with Gasteiger partial charge in [-0.05, 0) is 50.8 Å². The van der Waals surface area contributed by atoms with Crippen molar-refractivity contribution < 1.29 is 24.2 Å². The van der Waals surface area contributed by atoms with Crippen molar-refractivity contribution in [1.82, 2.24) is 25.3 Å². The number of amides is 1. The van der Waals surface area contributed by atoms with Crippen LogP contribution in [0.1, 0.15) is 42.6 Å². The van der Waals surface area contributed by atoms with E-state index in [2.05, 4.69) is 20.6 Å². The number of benzene rings is 1. The molecule has 1 aliphatic carbocycles. The van der Waals surface area contributed by atoms with Gasteiger partial charge in [-0.15, -0.1) is 5.10 Å². The number of halogens is 1. The summed E-state index contributed by atoms with van der Waals surface area (Å²) in [6, 6.07) is 10.8. The first-order chi connectivity index (χ1) is 17.8. The first kappa shape index (κ1) is 26.4. The van der Waals surface area contributed by atoms with Crippen molar-refractivity contribution in [1.29, 1.82) is 0 Å². The summed E-state index contributed by atoms with van der Waals surface area (Å²) < 4.78 is 13.0. The number of alkyl carbamates (subject to hydrolysis) is 1. The van der Waals surface area contributed by atoms with Crippen LogP contribution in [0.2, 0.25) is 5.02 Å². The van der Waals surface area contributed by atoms with Crippen molar-refractivity contribution in [3.63, 3.8) is 0 Å². The maximum atomic E-state index is 12.1. The van der Waals surface area contributed by atoms with Gasteiger partial charge in [0.2, 0.25) is 0 Å². The molecule has 3 aromatic rings. The van der Waals surface area contributed by atoms with Crippen LogP contribution in [0, 0.1) is 12.8 Å². The molecule has 1 fully saturated rings. The van der Waals surface area contributed by atoms with Gasteiger partial charge in [0.15, 0.2) is 0 Å². The number of nitrogens with zero attached hydrogens (tertiary/aromatic N) is 4. The fourth-order valence-corrected chi connectivity index (χ4v) is 4.60. The van der Waals surface area contributed by atoms with E-state index in [4.69, 9.17) is 21.1 Å². The molecule has 0 radical (unpaired) electrons. The third kappa shape index (κ3) is 6.76. The second kappa shape index (κ2) is 12.1. The Labute approximate surface area is 219 Å². The van der Waals surface area contributed by atoms with Crippen LogP contribution in [0.3, 0.4) is 0 Å². The molecule has 4 rings (SSSR count). The number of carbonyl (C=O) groups is 2. The van der Waals surface area contributed by atoms with E-state index in [1.54, 1.807) is 23.9 Å². The minimum atomic E-state index is -0.767. The van der Waals surface area contributed by atoms with E-state index in [0.717, 1.165) is 24.1 Å². The molecule has 2 heterocycles. The highest BCUT2D eigenvalue weighted by Gasteiger charge is 2.28. The largest absolute Gasteiger partial charge is 0.489 e. The van der Waals surface area contributed by atoms with Crippen molar-refractivity contribution in [3.05, 3.63) is 58.4 Å². The van der Waals surface area contributed by atoms with Crippen LogP contribution in [-0.4, -0.2) is 49.8 Å². The minimum Gasteiger partial charge on any atom is -0.489 e. The number of ether oxygens (including phenoxy) is 2. The van der Waals surface area contributed by atoms with E-state index in [0.29, 0.717) is 53.7 Å². The fraction of sp³-hybridized carbons (Fsp3) is 0.423. The average molecular weight is 528 g/mol. The fourth-order valence-electron chi connectivity index (χ4n) is 4.41. The zero-order chi connectivity index (χ0) is 26.4. The van der Waals surface area contributed by atoms with E-state index >= 15 is 0 Å². The summed E-state index contributed by atoms with van der Waals surface area (Å²) in [5, 5.41) is 21.0. The molecule has 196 valence electrons. The Bertz CT molecular complexity index is 1260. The van der Waals surface area contributed by atoms with Crippen molar-refractivity contribution in [2.45, 2.75) is 51.7 Å². The van der Waals surface area contributed by atoms with E-state index in [1.807, 2.05) is 31.2 Å². The van der Waals surface area contributed by atoms with Crippen molar-refractivity contribution >= 4 is 23.7 Å². The molecule has 1 aromatic carbocycles. The number of carboxylic acids is 1. The van der Waals surface area contributed by atoms with Gasteiger partial charge in [-0.25, -0.2) is 9.78 Å². The number of pyridine rings is 1. The van der Waals surface area contributed by atoms with E-state index in [-0.39, 0.29) is 18.6 Å². The molecule has 10 nitrogen and oxygen atoms in total. The molecule has 0 bridgehead atoms. The van der Waals surface area contributed by atoms with Crippen LogP contribution in [0.5, 0.6) is 5.75 Å². The average Bonchev–Trinajstić information content (AvgIpc) is 3.25. The maximum absolute atomic E-state index is 12.1. The number of carboxylic acid groups (broad SMARTS) is 1. The maximum Gasteiger partial charge on any atom is 0.407 e. The predicted molar refractivity (Wildman–Crippen MR) is 136 cm³/mol. The van der Waals surface area contributed by atoms with Gasteiger partial charge in [0.25, 0.3) is 0 Å². The molecular weight excluding hydrogens is 498 g/mol. The van der Waals surface area contributed by atoms with E-state index < -0.39 is 12.1 Å². The van der Waals surface area contributed by atoms with Gasteiger partial charge in [-0.2, -0.15) is 0 Å². The lowest BCUT2D eigenvalue weighted by atomic mass is 9.87. The second-order valence-electron chi connectivity index (χ2n) is 9.07. The van der Waals surface area contributed by atoms with Crippen LogP contribution in [0.25, 0.3) is 11.4 Å². The van der Waals surface area contributed by atoms with Crippen LogP contribution in [0.4, 0.5) is 4.79 Å². The first-order valence-electron chi connectivity index (χ1n) is 12.2. The summed E-state index contributed by atoms with van der Waals surface area (Å²) in [7, 11) is 1.79. The number of hydrogen-bond acceptors (Lipinski definition) is 7. The molecule has 2 aromatic heterocycles. The van der Waals surface area contributed by atoms with Gasteiger partial charge in [0.1, 0.15) is 18.1 Å². The standard InChI is InChI=1S/C26H30ClN5O5/c1-16-23(37-19-8-5-7-17(14-19)25(33)34)11-10-21(29-16)24-22(32(2)31-30-24)12-13-28-26(35)36-15-18-6-3-4-9-20(18)27/h3-4,6,9-11,17,19H,5,7-8,12-15H2,1-2H3,(H,28,35)(H,33,34)/t17-,19-/m0/s1. The summed E-state index contributed by atoms with van der Waals surface area (Å²) in [5.74, 6) is -0.499. The minimum absolute atomic E-state index is 0.0828. The van der Waals surface area contributed by atoms with Gasteiger partial charge in [0.05, 0.1) is 29.1 Å². The van der Waals surface area contributed by atoms with Crippen molar-refractivity contribution in [2.24, 2.45) is 13.0 Å².